The molecule has 1 unspecified atom stereocenters. The smallest absolute Gasteiger partial charge is 0.189 e. The van der Waals surface area contributed by atoms with Crippen LogP contribution in [0.1, 0.15) is 13.8 Å². The van der Waals surface area contributed by atoms with Crippen molar-refractivity contribution in [2.24, 2.45) is 8.80 Å². The summed E-state index contributed by atoms with van der Waals surface area (Å²) in [6.45, 7) is 3.56. The molecule has 0 aliphatic carbocycles. The first kappa shape index (κ1) is 11.3. The Bertz CT molecular complexity index is 356. The predicted molar refractivity (Wildman–Crippen MR) is 61.0 cm³/mol. The molecule has 14 heavy (non-hydrogen) atoms. The van der Waals surface area contributed by atoms with Gasteiger partial charge in [-0.05, 0) is 31.9 Å². The average molecular weight is 230 g/mol. The molecule has 2 heterocycles. The van der Waals surface area contributed by atoms with E-state index in [9.17, 15) is 9.00 Å². The van der Waals surface area contributed by atoms with Gasteiger partial charge in [0, 0.05) is 11.1 Å². The highest BCUT2D eigenvalue weighted by Gasteiger charge is 2.11. The Morgan fingerprint density at radius 3 is 2.36 bits per heavy atom. The van der Waals surface area contributed by atoms with E-state index in [1.165, 1.54) is 11.9 Å². The van der Waals surface area contributed by atoms with Gasteiger partial charge < -0.3 is 0 Å². The molecule has 1 atom stereocenters. The van der Waals surface area contributed by atoms with Crippen LogP contribution in [-0.2, 0) is 15.8 Å². The van der Waals surface area contributed by atoms with Crippen molar-refractivity contribution in [1.82, 2.24) is 0 Å². The Morgan fingerprint density at radius 1 is 1.50 bits per heavy atom. The fourth-order valence-corrected chi connectivity index (χ4v) is 2.11. The molecule has 4 nitrogen and oxygen atoms in total. The van der Waals surface area contributed by atoms with Crippen LogP contribution < -0.4 is 0 Å². The Kier molecular flexibility index (Phi) is 4.21. The van der Waals surface area contributed by atoms with Crippen molar-refractivity contribution in [3.8, 4) is 0 Å². The lowest BCUT2D eigenvalue weighted by Crippen LogP contribution is -2.04. The number of carbonyl (C=O) groups is 1. The van der Waals surface area contributed by atoms with E-state index < -0.39 is 11.0 Å². The lowest BCUT2D eigenvalue weighted by molar-refractivity contribution is -0.110. The molecular formula is C8H10N2O2S2. The van der Waals surface area contributed by atoms with Crippen molar-refractivity contribution in [3.05, 3.63) is 11.5 Å². The van der Waals surface area contributed by atoms with Gasteiger partial charge in [-0.3, -0.25) is 4.79 Å². The highest BCUT2D eigenvalue weighted by atomic mass is 32.2. The Labute approximate surface area is 89.3 Å². The lowest BCUT2D eigenvalue weighted by atomic mass is 10.3. The van der Waals surface area contributed by atoms with Crippen molar-refractivity contribution < 1.29 is 9.00 Å². The summed E-state index contributed by atoms with van der Waals surface area (Å²) in [5, 5.41) is 1.56. The van der Waals surface area contributed by atoms with Crippen molar-refractivity contribution in [2.75, 3.05) is 5.75 Å². The van der Waals surface area contributed by atoms with Crippen LogP contribution in [0, 0.1) is 0 Å². The molecule has 76 valence electrons. The van der Waals surface area contributed by atoms with Crippen LogP contribution in [0.5, 0.6) is 0 Å². The summed E-state index contributed by atoms with van der Waals surface area (Å²) in [6.07, 6.45) is 1.75. The number of carbonyl (C=O) groups excluding carboxylic acids is 1. The maximum absolute atomic E-state index is 10.4. The summed E-state index contributed by atoms with van der Waals surface area (Å²) in [6, 6.07) is 0. The van der Waals surface area contributed by atoms with Crippen LogP contribution in [-0.4, -0.2) is 27.2 Å². The second-order valence-corrected chi connectivity index (χ2v) is 4.42. The Balaban J connectivity index is 0.000000140. The van der Waals surface area contributed by atoms with Gasteiger partial charge in [-0.1, -0.05) is 0 Å². The van der Waals surface area contributed by atoms with Crippen molar-refractivity contribution in [1.29, 1.82) is 0 Å². The summed E-state index contributed by atoms with van der Waals surface area (Å²) < 4.78 is 17.8. The number of nitrogens with zero attached hydrogens (tertiary/aromatic N) is 2. The second-order valence-electron chi connectivity index (χ2n) is 2.68. The highest BCUT2D eigenvalue weighted by molar-refractivity contribution is 7.99. The second kappa shape index (κ2) is 5.21. The molecule has 0 bridgehead atoms. The summed E-state index contributed by atoms with van der Waals surface area (Å²) in [7, 11) is -1.05. The number of hydrogen-bond acceptors (Lipinski definition) is 4. The molecule has 0 saturated carbocycles. The molecule has 0 aromatic carbocycles. The molecule has 0 aromatic heterocycles. The summed E-state index contributed by atoms with van der Waals surface area (Å²) in [5.74, 6) is 0.719. The molecule has 2 aliphatic rings. The molecule has 0 radical (unpaired) electrons. The van der Waals surface area contributed by atoms with Gasteiger partial charge in [-0.15, -0.1) is 0 Å². The summed E-state index contributed by atoms with van der Waals surface area (Å²) >= 11 is 1.33. The molecule has 0 amide bonds. The van der Waals surface area contributed by atoms with Crippen LogP contribution >= 0.6 is 11.9 Å². The zero-order chi connectivity index (χ0) is 10.6. The zero-order valence-electron chi connectivity index (χ0n) is 7.89. The third-order valence-corrected chi connectivity index (χ3v) is 3.09. The third-order valence-electron chi connectivity index (χ3n) is 1.46. The third kappa shape index (κ3) is 3.55. The monoisotopic (exact) mass is 230 g/mol. The molecule has 0 aromatic rings. The van der Waals surface area contributed by atoms with Crippen LogP contribution in [0.4, 0.5) is 0 Å². The Morgan fingerprint density at radius 2 is 2.21 bits per heavy atom. The van der Waals surface area contributed by atoms with E-state index in [1.54, 1.807) is 18.4 Å². The molecule has 2 aliphatic heterocycles. The normalized spacial score (nSPS) is 24.1. The van der Waals surface area contributed by atoms with Crippen LogP contribution in [0.25, 0.3) is 0 Å². The topological polar surface area (TPSA) is 58.9 Å². The predicted octanol–water partition coefficient (Wildman–Crippen LogP) is 1.32. The van der Waals surface area contributed by atoms with Crippen LogP contribution in [0.3, 0.4) is 0 Å². The molecule has 0 saturated heterocycles. The van der Waals surface area contributed by atoms with Gasteiger partial charge in [0.25, 0.3) is 0 Å². The van der Waals surface area contributed by atoms with E-state index >= 15 is 0 Å². The van der Waals surface area contributed by atoms with E-state index in [4.69, 9.17) is 0 Å². The van der Waals surface area contributed by atoms with Gasteiger partial charge in [0.15, 0.2) is 16.8 Å². The zero-order valence-corrected chi connectivity index (χ0v) is 9.52. The van der Waals surface area contributed by atoms with Crippen LogP contribution in [0.15, 0.2) is 20.3 Å². The van der Waals surface area contributed by atoms with E-state index in [-0.39, 0.29) is 5.78 Å². The fourth-order valence-electron chi connectivity index (χ4n) is 0.703. The largest absolute Gasteiger partial charge is 0.292 e. The summed E-state index contributed by atoms with van der Waals surface area (Å²) in [5.41, 5.74) is 1.50. The number of Topliss-reactive ketones (excluding diaryl/α,β-unsaturated/α-hetero) is 1. The molecule has 6 heteroatoms. The maximum Gasteiger partial charge on any atom is 0.189 e. The fraction of sp³-hybridized carbons (Fsp3) is 0.375. The van der Waals surface area contributed by atoms with Gasteiger partial charge in [-0.25, -0.2) is 8.61 Å². The molecule has 0 spiro atoms. The average Bonchev–Trinajstić information content (AvgIpc) is 2.65. The quantitative estimate of drug-likeness (QED) is 0.590. The van der Waals surface area contributed by atoms with Crippen molar-refractivity contribution in [3.63, 3.8) is 0 Å². The minimum atomic E-state index is -1.05. The standard InChI is InChI=1S/2C4H5NOS/c1-4-2-3-7(6)5-4;1-3-4(6)2-7-5-3/h2-3H,1H3;2H2,1H3. The molecular weight excluding hydrogens is 220 g/mol. The first-order valence-electron chi connectivity index (χ1n) is 3.93. The Hall–Kier alpha value is -0.750. The minimum Gasteiger partial charge on any atom is -0.292 e. The summed E-state index contributed by atoms with van der Waals surface area (Å²) in [4.78, 5) is 10.4. The number of ketones is 1. The lowest BCUT2D eigenvalue weighted by Gasteiger charge is -1.76. The maximum atomic E-state index is 10.4. The molecule has 0 N–H and O–H groups in total. The van der Waals surface area contributed by atoms with Crippen molar-refractivity contribution >= 4 is 40.1 Å². The highest BCUT2D eigenvalue weighted by Crippen LogP contribution is 2.10. The first-order valence-corrected chi connectivity index (χ1v) is 6.05. The minimum absolute atomic E-state index is 0.171. The number of rotatable bonds is 0. The van der Waals surface area contributed by atoms with E-state index in [0.29, 0.717) is 11.5 Å². The van der Waals surface area contributed by atoms with Gasteiger partial charge in [0.2, 0.25) is 0 Å². The van der Waals surface area contributed by atoms with Gasteiger partial charge in [0.05, 0.1) is 11.5 Å². The molecule has 2 rings (SSSR count). The van der Waals surface area contributed by atoms with E-state index in [1.807, 2.05) is 6.92 Å². The SMILES string of the molecule is CC1=NS(=O)C=C1.CC1=NSCC1=O. The van der Waals surface area contributed by atoms with E-state index in [0.717, 1.165) is 5.71 Å². The van der Waals surface area contributed by atoms with E-state index in [2.05, 4.69) is 8.80 Å². The van der Waals surface area contributed by atoms with Crippen molar-refractivity contribution in [2.45, 2.75) is 13.8 Å². The van der Waals surface area contributed by atoms with Gasteiger partial charge in [0.1, 0.15) is 0 Å². The van der Waals surface area contributed by atoms with Crippen LogP contribution in [0.2, 0.25) is 0 Å². The van der Waals surface area contributed by atoms with Gasteiger partial charge >= 0.3 is 0 Å². The van der Waals surface area contributed by atoms with Gasteiger partial charge in [-0.2, -0.15) is 4.40 Å². The number of hydrogen-bond donors (Lipinski definition) is 0. The molecule has 0 fully saturated rings. The number of allylic oxidation sites excluding steroid dienone is 1. The first-order chi connectivity index (χ1) is 6.59.